The van der Waals surface area contributed by atoms with E-state index in [2.05, 4.69) is 59.4 Å². The average Bonchev–Trinajstić information content (AvgIpc) is 2.79. The monoisotopic (exact) mass is 311 g/mol. The molecule has 100 valence electrons. The molecule has 0 saturated carbocycles. The zero-order valence-electron chi connectivity index (χ0n) is 11.2. The minimum Gasteiger partial charge on any atom is -0.374 e. The van der Waals surface area contributed by atoms with Gasteiger partial charge in [0.15, 0.2) is 0 Å². The van der Waals surface area contributed by atoms with Crippen LogP contribution in [0.2, 0.25) is 0 Å². The minimum atomic E-state index is -0.0225. The first-order valence-corrected chi connectivity index (χ1v) is 7.56. The predicted octanol–water partition coefficient (Wildman–Crippen LogP) is 3.54. The molecular formula is C15H22BrNO. The van der Waals surface area contributed by atoms with E-state index in [0.717, 1.165) is 26.0 Å². The van der Waals surface area contributed by atoms with E-state index in [-0.39, 0.29) is 5.60 Å². The Balaban J connectivity index is 2.13. The molecule has 0 spiro atoms. The van der Waals surface area contributed by atoms with Gasteiger partial charge in [-0.3, -0.25) is 0 Å². The molecule has 2 nitrogen and oxygen atoms in total. The minimum absolute atomic E-state index is 0.0225. The molecule has 0 radical (unpaired) electrons. The molecule has 1 aromatic carbocycles. The quantitative estimate of drug-likeness (QED) is 0.898. The summed E-state index contributed by atoms with van der Waals surface area (Å²) < 4.78 is 7.18. The Morgan fingerprint density at radius 1 is 1.44 bits per heavy atom. The van der Waals surface area contributed by atoms with Crippen LogP contribution in [-0.4, -0.2) is 24.8 Å². The van der Waals surface area contributed by atoms with E-state index in [9.17, 15) is 0 Å². The number of halogens is 1. The van der Waals surface area contributed by atoms with Crippen molar-refractivity contribution in [3.8, 4) is 0 Å². The highest BCUT2D eigenvalue weighted by Gasteiger charge is 2.37. The molecule has 1 N–H and O–H groups in total. The summed E-state index contributed by atoms with van der Waals surface area (Å²) in [4.78, 5) is 0. The molecule has 1 aliphatic rings. The molecule has 0 amide bonds. The lowest BCUT2D eigenvalue weighted by Crippen LogP contribution is -2.49. The number of hydrogen-bond acceptors (Lipinski definition) is 2. The highest BCUT2D eigenvalue weighted by molar-refractivity contribution is 9.10. The summed E-state index contributed by atoms with van der Waals surface area (Å²) in [5, 5.41) is 3.59. The van der Waals surface area contributed by atoms with Gasteiger partial charge in [-0.2, -0.15) is 0 Å². The van der Waals surface area contributed by atoms with Gasteiger partial charge in [-0.1, -0.05) is 41.1 Å². The second kappa shape index (κ2) is 6.18. The number of rotatable bonds is 5. The number of ether oxygens (including phenoxy) is 1. The van der Waals surface area contributed by atoms with Gasteiger partial charge >= 0.3 is 0 Å². The molecule has 1 heterocycles. The maximum atomic E-state index is 5.99. The van der Waals surface area contributed by atoms with Crippen molar-refractivity contribution in [2.24, 2.45) is 0 Å². The predicted molar refractivity (Wildman–Crippen MR) is 78.9 cm³/mol. The van der Waals surface area contributed by atoms with E-state index < -0.39 is 0 Å². The second-order valence-corrected chi connectivity index (χ2v) is 6.02. The van der Waals surface area contributed by atoms with Crippen LogP contribution in [0.3, 0.4) is 0 Å². The van der Waals surface area contributed by atoms with E-state index >= 15 is 0 Å². The van der Waals surface area contributed by atoms with Crippen molar-refractivity contribution < 1.29 is 4.74 Å². The Morgan fingerprint density at radius 2 is 2.22 bits per heavy atom. The topological polar surface area (TPSA) is 21.3 Å². The number of nitrogens with one attached hydrogen (secondary N) is 1. The molecular weight excluding hydrogens is 290 g/mol. The maximum Gasteiger partial charge on any atom is 0.0810 e. The average molecular weight is 312 g/mol. The third-order valence-corrected chi connectivity index (χ3v) is 4.59. The van der Waals surface area contributed by atoms with Gasteiger partial charge in [-0.05, 0) is 44.4 Å². The molecule has 0 aliphatic carbocycles. The molecule has 2 unspecified atom stereocenters. The van der Waals surface area contributed by atoms with Crippen LogP contribution in [0.1, 0.15) is 32.3 Å². The molecule has 0 aromatic heterocycles. The van der Waals surface area contributed by atoms with E-state index in [1.54, 1.807) is 0 Å². The van der Waals surface area contributed by atoms with Crippen LogP contribution in [0.5, 0.6) is 0 Å². The highest BCUT2D eigenvalue weighted by atomic mass is 79.9. The SMILES string of the molecule is CCNC(Cc1ccccc1Br)C1(C)CCCO1. The highest BCUT2D eigenvalue weighted by Crippen LogP contribution is 2.31. The van der Waals surface area contributed by atoms with Crippen molar-refractivity contribution >= 4 is 15.9 Å². The van der Waals surface area contributed by atoms with E-state index in [1.165, 1.54) is 16.5 Å². The molecule has 1 aromatic rings. The normalized spacial score (nSPS) is 25.3. The van der Waals surface area contributed by atoms with Crippen LogP contribution in [0.15, 0.2) is 28.7 Å². The van der Waals surface area contributed by atoms with Crippen molar-refractivity contribution in [1.82, 2.24) is 5.32 Å². The zero-order chi connectivity index (χ0) is 13.0. The fourth-order valence-electron chi connectivity index (χ4n) is 2.71. The Kier molecular flexibility index (Phi) is 4.82. The van der Waals surface area contributed by atoms with Gasteiger partial charge in [-0.25, -0.2) is 0 Å². The molecule has 18 heavy (non-hydrogen) atoms. The molecule has 0 bridgehead atoms. The van der Waals surface area contributed by atoms with Gasteiger partial charge in [-0.15, -0.1) is 0 Å². The van der Waals surface area contributed by atoms with Gasteiger partial charge in [0.25, 0.3) is 0 Å². The van der Waals surface area contributed by atoms with E-state index in [0.29, 0.717) is 6.04 Å². The largest absolute Gasteiger partial charge is 0.374 e. The Hall–Kier alpha value is -0.380. The van der Waals surface area contributed by atoms with Gasteiger partial charge < -0.3 is 10.1 Å². The van der Waals surface area contributed by atoms with Crippen molar-refractivity contribution in [2.75, 3.05) is 13.2 Å². The number of benzene rings is 1. The van der Waals surface area contributed by atoms with Crippen molar-refractivity contribution in [3.05, 3.63) is 34.3 Å². The lowest BCUT2D eigenvalue weighted by atomic mass is 9.88. The second-order valence-electron chi connectivity index (χ2n) is 5.17. The fraction of sp³-hybridized carbons (Fsp3) is 0.600. The van der Waals surface area contributed by atoms with Gasteiger partial charge in [0.1, 0.15) is 0 Å². The first-order valence-electron chi connectivity index (χ1n) is 6.76. The van der Waals surface area contributed by atoms with Crippen molar-refractivity contribution in [1.29, 1.82) is 0 Å². The van der Waals surface area contributed by atoms with Crippen molar-refractivity contribution in [3.63, 3.8) is 0 Å². The van der Waals surface area contributed by atoms with Crippen LogP contribution in [0.4, 0.5) is 0 Å². The molecule has 3 heteroatoms. The summed E-state index contributed by atoms with van der Waals surface area (Å²) in [7, 11) is 0. The first kappa shape index (κ1) is 14.0. The third-order valence-electron chi connectivity index (χ3n) is 3.82. The van der Waals surface area contributed by atoms with E-state index in [1.807, 2.05) is 0 Å². The molecule has 1 aliphatic heterocycles. The van der Waals surface area contributed by atoms with E-state index in [4.69, 9.17) is 4.74 Å². The summed E-state index contributed by atoms with van der Waals surface area (Å²) in [6.07, 6.45) is 3.33. The molecule has 2 atom stereocenters. The van der Waals surface area contributed by atoms with Crippen LogP contribution in [0, 0.1) is 0 Å². The smallest absolute Gasteiger partial charge is 0.0810 e. The van der Waals surface area contributed by atoms with Crippen LogP contribution < -0.4 is 5.32 Å². The Bertz CT molecular complexity index is 388. The Morgan fingerprint density at radius 3 is 2.83 bits per heavy atom. The van der Waals surface area contributed by atoms with Crippen molar-refractivity contribution in [2.45, 2.75) is 44.8 Å². The van der Waals surface area contributed by atoms with Crippen LogP contribution in [-0.2, 0) is 11.2 Å². The summed E-state index contributed by atoms with van der Waals surface area (Å²) in [5.74, 6) is 0. The van der Waals surface area contributed by atoms with Gasteiger partial charge in [0.05, 0.1) is 5.60 Å². The zero-order valence-corrected chi connectivity index (χ0v) is 12.8. The lowest BCUT2D eigenvalue weighted by Gasteiger charge is -2.34. The van der Waals surface area contributed by atoms with Gasteiger partial charge in [0.2, 0.25) is 0 Å². The molecule has 1 saturated heterocycles. The number of hydrogen-bond donors (Lipinski definition) is 1. The fourth-order valence-corrected chi connectivity index (χ4v) is 3.16. The summed E-state index contributed by atoms with van der Waals surface area (Å²) in [6.45, 7) is 6.28. The van der Waals surface area contributed by atoms with Gasteiger partial charge in [0, 0.05) is 17.1 Å². The maximum absolute atomic E-state index is 5.99. The molecule has 1 fully saturated rings. The number of likely N-dealkylation sites (N-methyl/N-ethyl adjacent to an activating group) is 1. The standard InChI is InChI=1S/C15H22BrNO/c1-3-17-14(15(2)9-6-10-18-15)11-12-7-4-5-8-13(12)16/h4-5,7-8,14,17H,3,6,9-11H2,1-2H3. The first-order chi connectivity index (χ1) is 8.65. The Labute approximate surface area is 118 Å². The lowest BCUT2D eigenvalue weighted by molar-refractivity contribution is -0.0111. The molecule has 2 rings (SSSR count). The summed E-state index contributed by atoms with van der Waals surface area (Å²) in [6, 6.07) is 8.83. The third kappa shape index (κ3) is 3.14. The van der Waals surface area contributed by atoms with Crippen LogP contribution in [0.25, 0.3) is 0 Å². The van der Waals surface area contributed by atoms with Crippen LogP contribution >= 0.6 is 15.9 Å². The summed E-state index contributed by atoms with van der Waals surface area (Å²) >= 11 is 3.63. The summed E-state index contributed by atoms with van der Waals surface area (Å²) in [5.41, 5.74) is 1.32.